The van der Waals surface area contributed by atoms with Gasteiger partial charge in [-0.3, -0.25) is 9.78 Å². The van der Waals surface area contributed by atoms with E-state index in [-0.39, 0.29) is 11.9 Å². The van der Waals surface area contributed by atoms with Crippen LogP contribution in [0.25, 0.3) is 11.0 Å². The molecule has 0 bridgehead atoms. The van der Waals surface area contributed by atoms with Gasteiger partial charge in [-0.15, -0.1) is 0 Å². The fraction of sp³-hybridized carbons (Fsp3) is 0.263. The van der Waals surface area contributed by atoms with Crippen molar-refractivity contribution in [1.29, 1.82) is 0 Å². The molecule has 0 spiro atoms. The van der Waals surface area contributed by atoms with Gasteiger partial charge in [-0.05, 0) is 49.7 Å². The fourth-order valence-electron chi connectivity index (χ4n) is 2.60. The maximum atomic E-state index is 12.7. The van der Waals surface area contributed by atoms with Crippen LogP contribution in [0.5, 0.6) is 0 Å². The first-order valence-corrected chi connectivity index (χ1v) is 7.95. The van der Waals surface area contributed by atoms with Crippen LogP contribution in [0.15, 0.2) is 48.8 Å². The second kappa shape index (κ2) is 6.74. The summed E-state index contributed by atoms with van der Waals surface area (Å²) in [6.07, 6.45) is 4.17. The Bertz CT molecular complexity index is 878. The summed E-state index contributed by atoms with van der Waals surface area (Å²) in [6, 6.07) is 11.4. The Balaban J connectivity index is 1.78. The van der Waals surface area contributed by atoms with Crippen molar-refractivity contribution in [3.05, 3.63) is 65.7 Å². The summed E-state index contributed by atoms with van der Waals surface area (Å²) < 4.78 is 0. The summed E-state index contributed by atoms with van der Waals surface area (Å²) in [5, 5.41) is 0.925. The molecule has 3 aromatic heterocycles. The van der Waals surface area contributed by atoms with Gasteiger partial charge in [0.2, 0.25) is 0 Å². The highest BCUT2D eigenvalue weighted by Crippen LogP contribution is 2.14. The smallest absolute Gasteiger partial charge is 0.272 e. The van der Waals surface area contributed by atoms with E-state index in [1.54, 1.807) is 30.4 Å². The second-order valence-corrected chi connectivity index (χ2v) is 5.98. The first kappa shape index (κ1) is 16.1. The number of hydrogen-bond donors (Lipinski definition) is 0. The van der Waals surface area contributed by atoms with Gasteiger partial charge in [0, 0.05) is 43.0 Å². The van der Waals surface area contributed by atoms with E-state index in [1.165, 1.54) is 0 Å². The maximum Gasteiger partial charge on any atom is 0.272 e. The third-order valence-electron chi connectivity index (χ3n) is 4.27. The van der Waals surface area contributed by atoms with Crippen molar-refractivity contribution in [3.63, 3.8) is 0 Å². The molecule has 0 saturated heterocycles. The fourth-order valence-corrected chi connectivity index (χ4v) is 2.60. The number of amides is 1. The molecule has 3 aromatic rings. The molecular formula is C19H20N4O. The van der Waals surface area contributed by atoms with E-state index in [2.05, 4.69) is 15.0 Å². The van der Waals surface area contributed by atoms with Crippen molar-refractivity contribution in [1.82, 2.24) is 19.9 Å². The molecule has 1 unspecified atom stereocenters. The molecule has 1 atom stereocenters. The number of aromatic nitrogens is 3. The standard InChI is InChI=1S/C19H20N4O/c1-13-6-4-10-20-17(13)12-14(2)23(3)19(24)16-9-8-15-7-5-11-21-18(15)22-16/h4-11,14H,12H2,1-3H3. The number of aryl methyl sites for hydroxylation is 1. The lowest BCUT2D eigenvalue weighted by Crippen LogP contribution is -2.37. The zero-order valence-corrected chi connectivity index (χ0v) is 14.1. The van der Waals surface area contributed by atoms with Crippen molar-refractivity contribution in [2.75, 3.05) is 7.05 Å². The Hall–Kier alpha value is -2.82. The average Bonchev–Trinajstić information content (AvgIpc) is 2.62. The maximum absolute atomic E-state index is 12.7. The lowest BCUT2D eigenvalue weighted by molar-refractivity contribution is 0.0737. The molecule has 3 rings (SSSR count). The molecule has 0 fully saturated rings. The summed E-state index contributed by atoms with van der Waals surface area (Å²) >= 11 is 0. The quantitative estimate of drug-likeness (QED) is 0.741. The number of carbonyl (C=O) groups is 1. The Kier molecular flexibility index (Phi) is 4.51. The van der Waals surface area contributed by atoms with Crippen LogP contribution in [0.4, 0.5) is 0 Å². The van der Waals surface area contributed by atoms with Gasteiger partial charge in [0.15, 0.2) is 5.65 Å². The van der Waals surface area contributed by atoms with E-state index in [4.69, 9.17) is 0 Å². The van der Waals surface area contributed by atoms with Crippen LogP contribution >= 0.6 is 0 Å². The third kappa shape index (κ3) is 3.25. The van der Waals surface area contributed by atoms with Crippen LogP contribution < -0.4 is 0 Å². The monoisotopic (exact) mass is 320 g/mol. The average molecular weight is 320 g/mol. The summed E-state index contributed by atoms with van der Waals surface area (Å²) in [7, 11) is 1.80. The number of likely N-dealkylation sites (N-methyl/N-ethyl adjacent to an activating group) is 1. The van der Waals surface area contributed by atoms with Gasteiger partial charge in [0.05, 0.1) is 0 Å². The van der Waals surface area contributed by atoms with Crippen molar-refractivity contribution < 1.29 is 4.79 Å². The van der Waals surface area contributed by atoms with Crippen molar-refractivity contribution >= 4 is 16.9 Å². The topological polar surface area (TPSA) is 59.0 Å². The minimum absolute atomic E-state index is 0.0207. The van der Waals surface area contributed by atoms with Crippen LogP contribution in [-0.4, -0.2) is 38.8 Å². The van der Waals surface area contributed by atoms with Crippen LogP contribution in [0, 0.1) is 6.92 Å². The lowest BCUT2D eigenvalue weighted by atomic mass is 10.1. The molecule has 0 saturated carbocycles. The largest absolute Gasteiger partial charge is 0.337 e. The molecule has 0 aliphatic carbocycles. The van der Waals surface area contributed by atoms with E-state index >= 15 is 0 Å². The van der Waals surface area contributed by atoms with Gasteiger partial charge in [-0.2, -0.15) is 0 Å². The molecule has 0 N–H and O–H groups in total. The van der Waals surface area contributed by atoms with Crippen LogP contribution in [-0.2, 0) is 6.42 Å². The molecule has 0 radical (unpaired) electrons. The highest BCUT2D eigenvalue weighted by molar-refractivity contribution is 5.94. The second-order valence-electron chi connectivity index (χ2n) is 5.98. The first-order chi connectivity index (χ1) is 11.6. The summed E-state index contributed by atoms with van der Waals surface area (Å²) in [4.78, 5) is 27.4. The number of pyridine rings is 3. The molecule has 24 heavy (non-hydrogen) atoms. The number of fused-ring (bicyclic) bond motifs is 1. The zero-order chi connectivity index (χ0) is 17.1. The number of hydrogen-bond acceptors (Lipinski definition) is 4. The van der Waals surface area contributed by atoms with Gasteiger partial charge >= 0.3 is 0 Å². The molecule has 5 heteroatoms. The van der Waals surface area contributed by atoms with Gasteiger partial charge in [-0.25, -0.2) is 9.97 Å². The number of rotatable bonds is 4. The highest BCUT2D eigenvalue weighted by atomic mass is 16.2. The predicted octanol–water partition coefficient (Wildman–Crippen LogP) is 3.04. The molecular weight excluding hydrogens is 300 g/mol. The Morgan fingerprint density at radius 3 is 2.67 bits per heavy atom. The van der Waals surface area contributed by atoms with E-state index in [0.29, 0.717) is 17.8 Å². The minimum Gasteiger partial charge on any atom is -0.337 e. The zero-order valence-electron chi connectivity index (χ0n) is 14.1. The van der Waals surface area contributed by atoms with Crippen LogP contribution in [0.2, 0.25) is 0 Å². The van der Waals surface area contributed by atoms with Gasteiger partial charge in [0.25, 0.3) is 5.91 Å². The van der Waals surface area contributed by atoms with E-state index in [1.807, 2.05) is 44.2 Å². The Morgan fingerprint density at radius 2 is 1.88 bits per heavy atom. The van der Waals surface area contributed by atoms with E-state index in [0.717, 1.165) is 16.6 Å². The number of carbonyl (C=O) groups excluding carboxylic acids is 1. The highest BCUT2D eigenvalue weighted by Gasteiger charge is 2.20. The Morgan fingerprint density at radius 1 is 1.12 bits per heavy atom. The molecule has 3 heterocycles. The SMILES string of the molecule is Cc1cccnc1CC(C)N(C)C(=O)c1ccc2cccnc2n1. The molecule has 0 aliphatic rings. The van der Waals surface area contributed by atoms with E-state index in [9.17, 15) is 4.79 Å². The van der Waals surface area contributed by atoms with Gasteiger partial charge in [-0.1, -0.05) is 6.07 Å². The van der Waals surface area contributed by atoms with Gasteiger partial charge < -0.3 is 4.90 Å². The molecule has 5 nitrogen and oxygen atoms in total. The predicted molar refractivity (Wildman–Crippen MR) is 93.8 cm³/mol. The minimum atomic E-state index is -0.108. The lowest BCUT2D eigenvalue weighted by Gasteiger charge is -2.25. The van der Waals surface area contributed by atoms with Crippen molar-refractivity contribution in [2.24, 2.45) is 0 Å². The number of nitrogens with zero attached hydrogens (tertiary/aromatic N) is 4. The van der Waals surface area contributed by atoms with Crippen LogP contribution in [0.3, 0.4) is 0 Å². The van der Waals surface area contributed by atoms with Crippen molar-refractivity contribution in [2.45, 2.75) is 26.3 Å². The van der Waals surface area contributed by atoms with Crippen molar-refractivity contribution in [3.8, 4) is 0 Å². The molecule has 0 aromatic carbocycles. The van der Waals surface area contributed by atoms with Crippen LogP contribution in [0.1, 0.15) is 28.7 Å². The van der Waals surface area contributed by atoms with Gasteiger partial charge in [0.1, 0.15) is 5.69 Å². The normalized spacial score (nSPS) is 12.1. The Labute approximate surface area is 141 Å². The summed E-state index contributed by atoms with van der Waals surface area (Å²) in [5.74, 6) is -0.108. The molecule has 1 amide bonds. The molecule has 0 aliphatic heterocycles. The van der Waals surface area contributed by atoms with E-state index < -0.39 is 0 Å². The first-order valence-electron chi connectivity index (χ1n) is 7.95. The summed E-state index contributed by atoms with van der Waals surface area (Å²) in [5.41, 5.74) is 3.15. The third-order valence-corrected chi connectivity index (χ3v) is 4.27. The molecule has 122 valence electrons. The summed E-state index contributed by atoms with van der Waals surface area (Å²) in [6.45, 7) is 4.05.